The number of anilines is 1. The molecule has 7 heteroatoms. The van der Waals surface area contributed by atoms with Crippen molar-refractivity contribution in [1.29, 1.82) is 0 Å². The van der Waals surface area contributed by atoms with E-state index in [1.807, 2.05) is 30.3 Å². The summed E-state index contributed by atoms with van der Waals surface area (Å²) >= 11 is 8.71. The number of ether oxygens (including phenoxy) is 2. The molecule has 0 saturated heterocycles. The molecule has 5 nitrogen and oxygen atoms in total. The molecule has 0 aliphatic carbocycles. The molecule has 0 unspecified atom stereocenters. The highest BCUT2D eigenvalue weighted by atomic mass is 79.9. The van der Waals surface area contributed by atoms with Crippen LogP contribution in [-0.4, -0.2) is 24.2 Å². The van der Waals surface area contributed by atoms with Gasteiger partial charge in [-0.3, -0.25) is 10.1 Å². The smallest absolute Gasteiger partial charge is 0.261 e. The van der Waals surface area contributed by atoms with Crippen molar-refractivity contribution in [2.75, 3.05) is 18.5 Å². The predicted molar refractivity (Wildman–Crippen MR) is 125 cm³/mol. The van der Waals surface area contributed by atoms with Crippen LogP contribution in [0.1, 0.15) is 44.0 Å². The van der Waals surface area contributed by atoms with E-state index in [-0.39, 0.29) is 11.0 Å². The van der Waals surface area contributed by atoms with Gasteiger partial charge in [0, 0.05) is 16.2 Å². The maximum atomic E-state index is 12.7. The van der Waals surface area contributed by atoms with E-state index in [9.17, 15) is 4.79 Å². The van der Waals surface area contributed by atoms with E-state index in [1.54, 1.807) is 12.1 Å². The molecule has 0 aromatic heterocycles. The van der Waals surface area contributed by atoms with Crippen LogP contribution in [0, 0.1) is 5.92 Å². The zero-order valence-corrected chi connectivity index (χ0v) is 19.4. The summed E-state index contributed by atoms with van der Waals surface area (Å²) in [6.07, 6.45) is 1.94. The molecule has 0 spiro atoms. The average Bonchev–Trinajstić information content (AvgIpc) is 2.67. The van der Waals surface area contributed by atoms with E-state index >= 15 is 0 Å². The Kier molecular flexibility index (Phi) is 9.41. The van der Waals surface area contributed by atoms with Crippen molar-refractivity contribution >= 4 is 44.9 Å². The Hall–Kier alpha value is -2.12. The quantitative estimate of drug-likeness (QED) is 0.352. The number of unbranched alkanes of at least 4 members (excludes halogenated alkanes) is 1. The van der Waals surface area contributed by atoms with Crippen LogP contribution < -0.4 is 20.1 Å². The number of thiocarbonyl (C=S) groups is 1. The summed E-state index contributed by atoms with van der Waals surface area (Å²) in [4.78, 5) is 12.7. The van der Waals surface area contributed by atoms with E-state index in [0.29, 0.717) is 30.4 Å². The molecule has 0 radical (unpaired) electrons. The van der Waals surface area contributed by atoms with Gasteiger partial charge in [-0.2, -0.15) is 0 Å². The lowest BCUT2D eigenvalue weighted by Gasteiger charge is -2.14. The van der Waals surface area contributed by atoms with E-state index in [4.69, 9.17) is 21.7 Å². The van der Waals surface area contributed by atoms with E-state index in [1.165, 1.54) is 0 Å². The van der Waals surface area contributed by atoms with Crippen LogP contribution in [-0.2, 0) is 0 Å². The highest BCUT2D eigenvalue weighted by molar-refractivity contribution is 9.10. The first kappa shape index (κ1) is 23.2. The van der Waals surface area contributed by atoms with Crippen molar-refractivity contribution in [1.82, 2.24) is 5.32 Å². The molecule has 0 atom stereocenters. The summed E-state index contributed by atoms with van der Waals surface area (Å²) in [6.45, 7) is 7.47. The third-order valence-corrected chi connectivity index (χ3v) is 4.54. The number of halogens is 1. The lowest BCUT2D eigenvalue weighted by Crippen LogP contribution is -2.34. The van der Waals surface area contributed by atoms with Gasteiger partial charge >= 0.3 is 0 Å². The monoisotopic (exact) mass is 478 g/mol. The summed E-state index contributed by atoms with van der Waals surface area (Å²) in [6, 6.07) is 12.8. The van der Waals surface area contributed by atoms with Crippen LogP contribution in [0.2, 0.25) is 0 Å². The van der Waals surface area contributed by atoms with Gasteiger partial charge in [0.25, 0.3) is 5.91 Å². The van der Waals surface area contributed by atoms with E-state index in [2.05, 4.69) is 47.3 Å². The molecule has 2 N–H and O–H groups in total. The molecule has 0 aliphatic rings. The first-order valence-corrected chi connectivity index (χ1v) is 10.9. The maximum Gasteiger partial charge on any atom is 0.261 e. The number of nitrogens with one attached hydrogen (secondary N) is 2. The number of benzene rings is 2. The second-order valence-electron chi connectivity index (χ2n) is 6.98. The Balaban J connectivity index is 2.01. The van der Waals surface area contributed by atoms with E-state index in [0.717, 1.165) is 28.8 Å². The van der Waals surface area contributed by atoms with Gasteiger partial charge in [-0.15, -0.1) is 0 Å². The highest BCUT2D eigenvalue weighted by Gasteiger charge is 2.15. The number of carbonyl (C=O) groups excluding carboxylic acids is 1. The molecule has 0 bridgehead atoms. The fourth-order valence-electron chi connectivity index (χ4n) is 2.39. The van der Waals surface area contributed by atoms with Gasteiger partial charge in [-0.25, -0.2) is 0 Å². The van der Waals surface area contributed by atoms with Crippen molar-refractivity contribution in [3.05, 3.63) is 52.5 Å². The molecule has 2 aromatic rings. The minimum Gasteiger partial charge on any atom is -0.493 e. The van der Waals surface area contributed by atoms with Crippen LogP contribution in [0.3, 0.4) is 0 Å². The van der Waals surface area contributed by atoms with Crippen LogP contribution in [0.15, 0.2) is 46.9 Å². The molecule has 2 rings (SSSR count). The minimum atomic E-state index is -0.331. The van der Waals surface area contributed by atoms with Crippen LogP contribution >= 0.6 is 28.1 Å². The third-order valence-electron chi connectivity index (χ3n) is 3.84. The Morgan fingerprint density at radius 3 is 2.69 bits per heavy atom. The summed E-state index contributed by atoms with van der Waals surface area (Å²) in [7, 11) is 0. The summed E-state index contributed by atoms with van der Waals surface area (Å²) in [5.41, 5.74) is 1.17. The number of rotatable bonds is 9. The van der Waals surface area contributed by atoms with Crippen LogP contribution in [0.4, 0.5) is 5.69 Å². The minimum absolute atomic E-state index is 0.204. The Labute approximate surface area is 186 Å². The second kappa shape index (κ2) is 11.8. The first-order valence-electron chi connectivity index (χ1n) is 9.66. The van der Waals surface area contributed by atoms with Gasteiger partial charge in [0.2, 0.25) is 0 Å². The molecule has 0 aliphatic heterocycles. The van der Waals surface area contributed by atoms with Crippen molar-refractivity contribution in [2.24, 2.45) is 5.92 Å². The fourth-order valence-corrected chi connectivity index (χ4v) is 2.96. The largest absolute Gasteiger partial charge is 0.493 e. The maximum absolute atomic E-state index is 12.7. The van der Waals surface area contributed by atoms with Crippen molar-refractivity contribution < 1.29 is 14.3 Å². The normalized spacial score (nSPS) is 10.5. The Morgan fingerprint density at radius 1 is 1.17 bits per heavy atom. The van der Waals surface area contributed by atoms with Crippen LogP contribution in [0.25, 0.3) is 0 Å². The third kappa shape index (κ3) is 8.03. The average molecular weight is 479 g/mol. The molecule has 156 valence electrons. The molecular formula is C22H27BrN2O3S. The zero-order chi connectivity index (χ0) is 21.2. The first-order chi connectivity index (χ1) is 13.9. The molecule has 1 amide bonds. The van der Waals surface area contributed by atoms with Gasteiger partial charge in [0.1, 0.15) is 11.5 Å². The standard InChI is InChI=1S/C22H27BrN2O3S/c1-4-5-11-27-20-10-9-16(23)12-19(20)21(26)25-22(29)24-17-7-6-8-18(13-17)28-14-15(2)3/h6-10,12-13,15H,4-5,11,14H2,1-3H3,(H2,24,25,26,29). The lowest BCUT2D eigenvalue weighted by molar-refractivity contribution is 0.0973. The van der Waals surface area contributed by atoms with Crippen molar-refractivity contribution in [3.8, 4) is 11.5 Å². The number of carbonyl (C=O) groups is 1. The van der Waals surface area contributed by atoms with Gasteiger partial charge in [-0.05, 0) is 54.9 Å². The molecular weight excluding hydrogens is 452 g/mol. The summed E-state index contributed by atoms with van der Waals surface area (Å²) in [5, 5.41) is 5.94. The van der Waals surface area contributed by atoms with Crippen molar-refractivity contribution in [2.45, 2.75) is 33.6 Å². The SMILES string of the molecule is CCCCOc1ccc(Br)cc1C(=O)NC(=S)Nc1cccc(OCC(C)C)c1. The van der Waals surface area contributed by atoms with Gasteiger partial charge in [-0.1, -0.05) is 49.2 Å². The zero-order valence-electron chi connectivity index (χ0n) is 17.0. The van der Waals surface area contributed by atoms with Gasteiger partial charge in [0.05, 0.1) is 18.8 Å². The lowest BCUT2D eigenvalue weighted by atomic mass is 10.2. The fraction of sp³-hybridized carbons (Fsp3) is 0.364. The molecule has 0 saturated carbocycles. The van der Waals surface area contributed by atoms with Crippen LogP contribution in [0.5, 0.6) is 11.5 Å². The van der Waals surface area contributed by atoms with Gasteiger partial charge < -0.3 is 14.8 Å². The Morgan fingerprint density at radius 2 is 1.97 bits per heavy atom. The molecule has 0 fully saturated rings. The number of hydrogen-bond acceptors (Lipinski definition) is 4. The number of amides is 1. The molecule has 29 heavy (non-hydrogen) atoms. The summed E-state index contributed by atoms with van der Waals surface area (Å²) < 4.78 is 12.3. The highest BCUT2D eigenvalue weighted by Crippen LogP contribution is 2.24. The molecule has 0 heterocycles. The second-order valence-corrected chi connectivity index (χ2v) is 8.31. The summed E-state index contributed by atoms with van der Waals surface area (Å²) in [5.74, 6) is 1.39. The predicted octanol–water partition coefficient (Wildman–Crippen LogP) is 5.79. The Bertz CT molecular complexity index is 843. The van der Waals surface area contributed by atoms with Gasteiger partial charge in [0.15, 0.2) is 5.11 Å². The molecule has 2 aromatic carbocycles. The van der Waals surface area contributed by atoms with E-state index < -0.39 is 0 Å². The van der Waals surface area contributed by atoms with Crippen molar-refractivity contribution in [3.63, 3.8) is 0 Å². The number of hydrogen-bond donors (Lipinski definition) is 2. The topological polar surface area (TPSA) is 59.6 Å².